The van der Waals surface area contributed by atoms with Gasteiger partial charge in [-0.25, -0.2) is 0 Å². The second kappa shape index (κ2) is 6.78. The van der Waals surface area contributed by atoms with Crippen molar-refractivity contribution < 1.29 is 0 Å². The zero-order valence-electron chi connectivity index (χ0n) is 4.78. The topological polar surface area (TPSA) is 0 Å². The summed E-state index contributed by atoms with van der Waals surface area (Å²) in [4.78, 5) is 0. The summed E-state index contributed by atoms with van der Waals surface area (Å²) in [5, 5.41) is 0. The summed E-state index contributed by atoms with van der Waals surface area (Å²) in [6.07, 6.45) is 4.06. The fourth-order valence-corrected chi connectivity index (χ4v) is 1.62. The summed E-state index contributed by atoms with van der Waals surface area (Å²) in [6, 6.07) is 0. The number of rotatable bonds is 4. The van der Waals surface area contributed by atoms with Crippen LogP contribution in [0.25, 0.3) is 0 Å². The first-order valence-corrected chi connectivity index (χ1v) is 4.78. The molecule has 0 N–H and O–H groups in total. The minimum absolute atomic E-state index is 1.07. The van der Waals surface area contributed by atoms with E-state index in [0.29, 0.717) is 0 Å². The first-order valence-electron chi connectivity index (χ1n) is 2.73. The third-order valence-electron chi connectivity index (χ3n) is 0.715. The second-order valence-corrected chi connectivity index (χ2v) is 3.42. The van der Waals surface area contributed by atoms with Gasteiger partial charge >= 0.3 is 0 Å². The van der Waals surface area contributed by atoms with E-state index in [1.165, 1.54) is 18.7 Å². The lowest BCUT2D eigenvalue weighted by Gasteiger charge is -1.91. The fourth-order valence-electron chi connectivity index (χ4n) is 0.381. The highest BCUT2D eigenvalue weighted by Crippen LogP contribution is 2.09. The molecule has 0 rings (SSSR count). The van der Waals surface area contributed by atoms with Crippen LogP contribution in [-0.2, 0) is 0 Å². The molecule has 0 aromatic rings. The zero-order chi connectivity index (χ0) is 5.54. The summed E-state index contributed by atoms with van der Waals surface area (Å²) in [6.45, 7) is 2.23. The lowest BCUT2D eigenvalue weighted by atomic mass is 10.6. The molecule has 0 aromatic heterocycles. The van der Waals surface area contributed by atoms with E-state index in [2.05, 4.69) is 19.6 Å². The quantitative estimate of drug-likeness (QED) is 0.341. The normalized spacial score (nSPS) is 11.1. The predicted octanol–water partition coefficient (Wildman–Crippen LogP) is 2.00. The van der Waals surface area contributed by atoms with Gasteiger partial charge in [-0.15, -0.1) is 8.58 Å². The minimum Gasteiger partial charge on any atom is -0.179 e. The Bertz CT molecular complexity index is 27.3. The smallest absolute Gasteiger partial charge is 0.00609 e. The van der Waals surface area contributed by atoms with Gasteiger partial charge in [0.1, 0.15) is 0 Å². The minimum atomic E-state index is 1.07. The fraction of sp³-hybridized carbons (Fsp3) is 1.00. The third-order valence-corrected chi connectivity index (χ3v) is 2.82. The van der Waals surface area contributed by atoms with Gasteiger partial charge in [0.15, 0.2) is 0 Å². The molecule has 0 bridgehead atoms. The van der Waals surface area contributed by atoms with Crippen molar-refractivity contribution in [2.75, 3.05) is 18.1 Å². The molecule has 0 saturated heterocycles. The van der Waals surface area contributed by atoms with Crippen molar-refractivity contribution in [3.05, 3.63) is 0 Å². The largest absolute Gasteiger partial charge is 0.179 e. The van der Waals surface area contributed by atoms with Crippen molar-refractivity contribution in [1.29, 1.82) is 0 Å². The van der Waals surface area contributed by atoms with Gasteiger partial charge in [0.2, 0.25) is 0 Å². The van der Waals surface area contributed by atoms with Crippen LogP contribution in [0.3, 0.4) is 0 Å². The maximum atomic E-state index is 4.10. The van der Waals surface area contributed by atoms with E-state index in [1.54, 1.807) is 0 Å². The van der Waals surface area contributed by atoms with Crippen molar-refractivity contribution in [2.24, 2.45) is 0 Å². The summed E-state index contributed by atoms with van der Waals surface area (Å²) in [5.74, 6) is 1.07. The van der Waals surface area contributed by atoms with Gasteiger partial charge in [-0.3, -0.25) is 0 Å². The predicted molar refractivity (Wildman–Crippen MR) is 42.2 cm³/mol. The van der Waals surface area contributed by atoms with Gasteiger partial charge in [-0.2, -0.15) is 12.6 Å². The molecule has 0 aliphatic heterocycles. The lowest BCUT2D eigenvalue weighted by Crippen LogP contribution is -1.77. The van der Waals surface area contributed by atoms with Crippen LogP contribution in [0.15, 0.2) is 0 Å². The zero-order valence-corrected chi connectivity index (χ0v) is 6.67. The summed E-state index contributed by atoms with van der Waals surface area (Å²) >= 11 is 4.10. The summed E-state index contributed by atoms with van der Waals surface area (Å²) in [5.41, 5.74) is 0. The highest BCUT2D eigenvalue weighted by molar-refractivity contribution is 7.80. The summed E-state index contributed by atoms with van der Waals surface area (Å²) < 4.78 is 0. The van der Waals surface area contributed by atoms with Crippen molar-refractivity contribution in [3.8, 4) is 0 Å². The SMILES string of the molecule is CCCPCCS. The van der Waals surface area contributed by atoms with Crippen LogP contribution in [0.1, 0.15) is 13.3 Å². The molecular formula is C5H13PS. The van der Waals surface area contributed by atoms with E-state index < -0.39 is 0 Å². The maximum absolute atomic E-state index is 4.10. The molecule has 0 aliphatic carbocycles. The van der Waals surface area contributed by atoms with Crippen molar-refractivity contribution in [1.82, 2.24) is 0 Å². The van der Waals surface area contributed by atoms with Crippen molar-refractivity contribution >= 4 is 21.2 Å². The molecule has 7 heavy (non-hydrogen) atoms. The van der Waals surface area contributed by atoms with E-state index in [4.69, 9.17) is 0 Å². The first kappa shape index (κ1) is 7.78. The van der Waals surface area contributed by atoms with Crippen LogP contribution in [0.5, 0.6) is 0 Å². The van der Waals surface area contributed by atoms with E-state index >= 15 is 0 Å². The Labute approximate surface area is 53.3 Å². The Balaban J connectivity index is 2.45. The Morgan fingerprint density at radius 1 is 1.43 bits per heavy atom. The van der Waals surface area contributed by atoms with Crippen LogP contribution in [0, 0.1) is 0 Å². The standard InChI is InChI=1S/C5H13PS/c1-2-3-6-4-5-7/h6-7H,2-5H2,1H3. The first-order chi connectivity index (χ1) is 3.41. The molecule has 1 unspecified atom stereocenters. The van der Waals surface area contributed by atoms with E-state index in [-0.39, 0.29) is 0 Å². The number of thiol groups is 1. The summed E-state index contributed by atoms with van der Waals surface area (Å²) in [7, 11) is 1.16. The van der Waals surface area contributed by atoms with Gasteiger partial charge < -0.3 is 0 Å². The van der Waals surface area contributed by atoms with Crippen LogP contribution >= 0.6 is 21.2 Å². The monoisotopic (exact) mass is 136 g/mol. The average Bonchev–Trinajstić information content (AvgIpc) is 1.69. The van der Waals surface area contributed by atoms with Crippen molar-refractivity contribution in [2.45, 2.75) is 13.3 Å². The van der Waals surface area contributed by atoms with Gasteiger partial charge in [0, 0.05) is 0 Å². The average molecular weight is 136 g/mol. The Morgan fingerprint density at radius 3 is 2.57 bits per heavy atom. The van der Waals surface area contributed by atoms with E-state index in [1.807, 2.05) is 0 Å². The molecule has 0 aliphatic rings. The highest BCUT2D eigenvalue weighted by Gasteiger charge is 1.79. The molecule has 0 aromatic carbocycles. The van der Waals surface area contributed by atoms with Gasteiger partial charge in [-0.1, -0.05) is 13.3 Å². The molecule has 0 saturated carbocycles. The van der Waals surface area contributed by atoms with Gasteiger partial charge in [0.05, 0.1) is 0 Å². The Hall–Kier alpha value is 0.780. The van der Waals surface area contributed by atoms with Crippen LogP contribution in [0.4, 0.5) is 0 Å². The van der Waals surface area contributed by atoms with E-state index in [0.717, 1.165) is 14.3 Å². The lowest BCUT2D eigenvalue weighted by molar-refractivity contribution is 1.10. The molecule has 1 atom stereocenters. The molecule has 2 heteroatoms. The molecule has 0 amide bonds. The van der Waals surface area contributed by atoms with Crippen LogP contribution < -0.4 is 0 Å². The van der Waals surface area contributed by atoms with Crippen molar-refractivity contribution in [3.63, 3.8) is 0 Å². The van der Waals surface area contributed by atoms with Gasteiger partial charge in [0.25, 0.3) is 0 Å². The second-order valence-electron chi connectivity index (χ2n) is 1.47. The molecule has 44 valence electrons. The van der Waals surface area contributed by atoms with Crippen LogP contribution in [0.2, 0.25) is 0 Å². The molecule has 0 fully saturated rings. The molecular weight excluding hydrogens is 123 g/mol. The van der Waals surface area contributed by atoms with E-state index in [9.17, 15) is 0 Å². The molecule has 0 spiro atoms. The number of hydrogen-bond acceptors (Lipinski definition) is 1. The molecule has 0 radical (unpaired) electrons. The van der Waals surface area contributed by atoms with Gasteiger partial charge in [-0.05, 0) is 18.1 Å². The molecule has 0 heterocycles. The number of hydrogen-bond donors (Lipinski definition) is 1. The maximum Gasteiger partial charge on any atom is -0.00609 e. The Morgan fingerprint density at radius 2 is 2.14 bits per heavy atom. The Kier molecular flexibility index (Phi) is 7.54. The molecule has 0 nitrogen and oxygen atoms in total. The highest BCUT2D eigenvalue weighted by atomic mass is 32.1. The van der Waals surface area contributed by atoms with Crippen LogP contribution in [-0.4, -0.2) is 18.1 Å². The third kappa shape index (κ3) is 6.78.